The topological polar surface area (TPSA) is 36.8 Å². The van der Waals surface area contributed by atoms with Crippen LogP contribution >= 0.6 is 15.9 Å². The van der Waals surface area contributed by atoms with Crippen LogP contribution in [0.2, 0.25) is 0 Å². The van der Waals surface area contributed by atoms with E-state index in [2.05, 4.69) is 40.3 Å². The Kier molecular flexibility index (Phi) is 5.15. The zero-order valence-electron chi connectivity index (χ0n) is 8.41. The first-order valence-corrected chi connectivity index (χ1v) is 5.74. The Balaban J connectivity index is 2.41. The number of aliphatic hydroxyl groups is 1. The zero-order valence-corrected chi connectivity index (χ0v) is 10.00. The molecule has 2 nitrogen and oxygen atoms in total. The summed E-state index contributed by atoms with van der Waals surface area (Å²) in [5.41, 5.74) is 1.29. The molecule has 1 atom stereocenters. The number of hydrogen-bond acceptors (Lipinski definition) is 1. The lowest BCUT2D eigenvalue weighted by Crippen LogP contribution is -2.89. The molecule has 0 aliphatic carbocycles. The van der Waals surface area contributed by atoms with Crippen molar-refractivity contribution in [3.8, 4) is 0 Å². The van der Waals surface area contributed by atoms with Gasteiger partial charge in [0.15, 0.2) is 0 Å². The van der Waals surface area contributed by atoms with Crippen molar-refractivity contribution in [3.63, 3.8) is 0 Å². The molecular weight excluding hydrogens is 242 g/mol. The predicted octanol–water partition coefficient (Wildman–Crippen LogP) is 1.28. The molecular formula is C11H17BrNO+. The van der Waals surface area contributed by atoms with E-state index in [0.29, 0.717) is 6.04 Å². The minimum absolute atomic E-state index is 0.257. The molecule has 0 saturated heterocycles. The van der Waals surface area contributed by atoms with Gasteiger partial charge in [0.25, 0.3) is 0 Å². The van der Waals surface area contributed by atoms with Gasteiger partial charge < -0.3 is 10.4 Å². The van der Waals surface area contributed by atoms with Crippen molar-refractivity contribution in [2.45, 2.75) is 25.9 Å². The molecule has 0 radical (unpaired) electrons. The highest BCUT2D eigenvalue weighted by Gasteiger charge is 2.06. The Morgan fingerprint density at radius 2 is 2.00 bits per heavy atom. The van der Waals surface area contributed by atoms with E-state index in [1.165, 1.54) is 5.56 Å². The molecule has 78 valence electrons. The van der Waals surface area contributed by atoms with Crippen LogP contribution in [-0.4, -0.2) is 17.8 Å². The van der Waals surface area contributed by atoms with Crippen molar-refractivity contribution < 1.29 is 10.4 Å². The third-order valence-electron chi connectivity index (χ3n) is 2.36. The number of benzene rings is 1. The van der Waals surface area contributed by atoms with Crippen LogP contribution in [0.5, 0.6) is 0 Å². The second kappa shape index (κ2) is 6.17. The summed E-state index contributed by atoms with van der Waals surface area (Å²) in [7, 11) is 0. The average Bonchev–Trinajstić information content (AvgIpc) is 2.22. The molecule has 1 aromatic carbocycles. The first-order valence-electron chi connectivity index (χ1n) is 4.95. The van der Waals surface area contributed by atoms with Gasteiger partial charge in [0.2, 0.25) is 0 Å². The Labute approximate surface area is 93.5 Å². The van der Waals surface area contributed by atoms with E-state index in [-0.39, 0.29) is 6.61 Å². The van der Waals surface area contributed by atoms with Crippen LogP contribution in [0.3, 0.4) is 0 Å². The molecule has 0 fully saturated rings. The molecule has 0 heterocycles. The van der Waals surface area contributed by atoms with E-state index in [4.69, 9.17) is 5.11 Å². The lowest BCUT2D eigenvalue weighted by atomic mass is 10.2. The molecule has 0 amide bonds. The molecule has 0 spiro atoms. The summed E-state index contributed by atoms with van der Waals surface area (Å²) < 4.78 is 1.11. The van der Waals surface area contributed by atoms with Gasteiger partial charge in [-0.2, -0.15) is 0 Å². The second-order valence-corrected chi connectivity index (χ2v) is 4.33. The SMILES string of the molecule is CC[C@H](CO)[NH2+]Cc1ccc(Br)cc1. The van der Waals surface area contributed by atoms with Crippen LogP contribution in [0.4, 0.5) is 0 Å². The Hall–Kier alpha value is -0.380. The van der Waals surface area contributed by atoms with Gasteiger partial charge in [-0.3, -0.25) is 0 Å². The molecule has 14 heavy (non-hydrogen) atoms. The average molecular weight is 259 g/mol. The maximum Gasteiger partial charge on any atom is 0.109 e. The summed E-state index contributed by atoms with van der Waals surface area (Å²) in [6.07, 6.45) is 1.01. The lowest BCUT2D eigenvalue weighted by Gasteiger charge is -2.10. The van der Waals surface area contributed by atoms with Crippen molar-refractivity contribution in [2.24, 2.45) is 0 Å². The summed E-state index contributed by atoms with van der Waals surface area (Å²) in [5, 5.41) is 11.2. The zero-order chi connectivity index (χ0) is 10.4. The molecule has 1 rings (SSSR count). The van der Waals surface area contributed by atoms with Crippen LogP contribution < -0.4 is 5.32 Å². The minimum atomic E-state index is 0.257. The van der Waals surface area contributed by atoms with Crippen LogP contribution in [0.1, 0.15) is 18.9 Å². The fraction of sp³-hybridized carbons (Fsp3) is 0.455. The molecule has 0 saturated carbocycles. The maximum atomic E-state index is 9.01. The third-order valence-corrected chi connectivity index (χ3v) is 2.89. The molecule has 0 aliphatic rings. The van der Waals surface area contributed by atoms with E-state index in [1.807, 2.05) is 12.1 Å². The predicted molar refractivity (Wildman–Crippen MR) is 60.9 cm³/mol. The van der Waals surface area contributed by atoms with Gasteiger partial charge in [-0.1, -0.05) is 35.0 Å². The highest BCUT2D eigenvalue weighted by Crippen LogP contribution is 2.09. The molecule has 0 aliphatic heterocycles. The molecule has 0 unspecified atom stereocenters. The fourth-order valence-corrected chi connectivity index (χ4v) is 1.56. The van der Waals surface area contributed by atoms with E-state index in [0.717, 1.165) is 17.4 Å². The monoisotopic (exact) mass is 258 g/mol. The number of aliphatic hydroxyl groups excluding tert-OH is 1. The molecule has 1 aromatic rings. The molecule has 3 heteroatoms. The smallest absolute Gasteiger partial charge is 0.109 e. The van der Waals surface area contributed by atoms with Gasteiger partial charge in [-0.25, -0.2) is 0 Å². The number of halogens is 1. The van der Waals surface area contributed by atoms with Gasteiger partial charge in [0.1, 0.15) is 12.6 Å². The first-order chi connectivity index (χ1) is 6.76. The normalized spacial score (nSPS) is 12.8. The highest BCUT2D eigenvalue weighted by molar-refractivity contribution is 9.10. The molecule has 0 aromatic heterocycles. The minimum Gasteiger partial charge on any atom is -0.390 e. The van der Waals surface area contributed by atoms with Gasteiger partial charge in [0, 0.05) is 10.0 Å². The molecule has 3 N–H and O–H groups in total. The summed E-state index contributed by atoms with van der Waals surface area (Å²) >= 11 is 3.40. The first kappa shape index (κ1) is 11.7. The second-order valence-electron chi connectivity index (χ2n) is 3.42. The number of nitrogens with two attached hydrogens (primary N) is 1. The van der Waals surface area contributed by atoms with E-state index >= 15 is 0 Å². The lowest BCUT2D eigenvalue weighted by molar-refractivity contribution is -0.706. The van der Waals surface area contributed by atoms with Crippen molar-refractivity contribution in [1.82, 2.24) is 0 Å². The molecule has 0 bridgehead atoms. The van der Waals surface area contributed by atoms with Gasteiger partial charge in [-0.15, -0.1) is 0 Å². The summed E-state index contributed by atoms with van der Waals surface area (Å²) in [6, 6.07) is 8.63. The van der Waals surface area contributed by atoms with Crippen LogP contribution in [0, 0.1) is 0 Å². The summed E-state index contributed by atoms with van der Waals surface area (Å²) in [6.45, 7) is 3.29. The Bertz CT molecular complexity index is 256. The maximum absolute atomic E-state index is 9.01. The van der Waals surface area contributed by atoms with E-state index in [9.17, 15) is 0 Å². The third kappa shape index (κ3) is 3.78. The number of rotatable bonds is 5. The largest absolute Gasteiger partial charge is 0.390 e. The summed E-state index contributed by atoms with van der Waals surface area (Å²) in [5.74, 6) is 0. The fourth-order valence-electron chi connectivity index (χ4n) is 1.29. The van der Waals surface area contributed by atoms with E-state index < -0.39 is 0 Å². The van der Waals surface area contributed by atoms with Crippen molar-refractivity contribution >= 4 is 15.9 Å². The Morgan fingerprint density at radius 1 is 1.36 bits per heavy atom. The van der Waals surface area contributed by atoms with Crippen molar-refractivity contribution in [3.05, 3.63) is 34.3 Å². The van der Waals surface area contributed by atoms with E-state index in [1.54, 1.807) is 0 Å². The van der Waals surface area contributed by atoms with Crippen LogP contribution in [0.25, 0.3) is 0 Å². The van der Waals surface area contributed by atoms with Gasteiger partial charge in [-0.05, 0) is 18.6 Å². The number of hydrogen-bond donors (Lipinski definition) is 2. The summed E-state index contributed by atoms with van der Waals surface area (Å²) in [4.78, 5) is 0. The highest BCUT2D eigenvalue weighted by atomic mass is 79.9. The standard InChI is InChI=1S/C11H16BrNO/c1-2-11(8-14)13-7-9-3-5-10(12)6-4-9/h3-6,11,13-14H,2,7-8H2,1H3/p+1/t11-/m1/s1. The van der Waals surface area contributed by atoms with Crippen molar-refractivity contribution in [2.75, 3.05) is 6.61 Å². The Morgan fingerprint density at radius 3 is 2.50 bits per heavy atom. The van der Waals surface area contributed by atoms with Gasteiger partial charge >= 0.3 is 0 Å². The number of quaternary nitrogens is 1. The quantitative estimate of drug-likeness (QED) is 0.821. The van der Waals surface area contributed by atoms with Crippen LogP contribution in [-0.2, 0) is 6.54 Å². The van der Waals surface area contributed by atoms with Gasteiger partial charge in [0.05, 0.1) is 6.61 Å². The van der Waals surface area contributed by atoms with Crippen molar-refractivity contribution in [1.29, 1.82) is 0 Å². The van der Waals surface area contributed by atoms with Crippen LogP contribution in [0.15, 0.2) is 28.7 Å².